The molecular weight excluding hydrogens is 200 g/mol. The van der Waals surface area contributed by atoms with Crippen molar-refractivity contribution in [2.75, 3.05) is 46.3 Å². The fraction of sp³-hybridized carbons (Fsp3) is 1.00. The first-order chi connectivity index (χ1) is 7.86. The zero-order valence-corrected chi connectivity index (χ0v) is 10.8. The Balaban J connectivity index is 0.000000606. The maximum absolute atomic E-state index is 4.50. The van der Waals surface area contributed by atoms with E-state index >= 15 is 0 Å². The highest BCUT2D eigenvalue weighted by Crippen LogP contribution is 2.15. The van der Waals surface area contributed by atoms with Crippen LogP contribution in [0.5, 0.6) is 0 Å². The van der Waals surface area contributed by atoms with Gasteiger partial charge >= 0.3 is 0 Å². The fourth-order valence-electron chi connectivity index (χ4n) is 2.55. The average Bonchev–Trinajstić information content (AvgIpc) is 2.36. The van der Waals surface area contributed by atoms with Crippen molar-refractivity contribution < 1.29 is 0 Å². The standard InChI is InChI=1S/C11H23N3.CH5N/c1-10-8-13-6-7-14(10)9-11-2-4-12-5-3-11;1-2/h10-13H,2-9H2,1H3;2H2,1H3. The lowest BCUT2D eigenvalue weighted by atomic mass is 9.96. The first-order valence-corrected chi connectivity index (χ1v) is 6.59. The number of nitrogens with zero attached hydrogens (tertiary/aromatic N) is 1. The van der Waals surface area contributed by atoms with Gasteiger partial charge in [0.05, 0.1) is 0 Å². The van der Waals surface area contributed by atoms with Crippen LogP contribution in [0.2, 0.25) is 0 Å². The van der Waals surface area contributed by atoms with Crippen molar-refractivity contribution in [2.24, 2.45) is 11.7 Å². The third kappa shape index (κ3) is 4.37. The number of rotatable bonds is 2. The highest BCUT2D eigenvalue weighted by Gasteiger charge is 2.22. The number of piperazine rings is 1. The topological polar surface area (TPSA) is 53.3 Å². The van der Waals surface area contributed by atoms with Gasteiger partial charge in [-0.25, -0.2) is 0 Å². The predicted octanol–water partition coefficient (Wildman–Crippen LogP) is -0.145. The van der Waals surface area contributed by atoms with E-state index in [1.165, 1.54) is 59.2 Å². The maximum Gasteiger partial charge on any atom is 0.0193 e. The third-order valence-corrected chi connectivity index (χ3v) is 3.59. The van der Waals surface area contributed by atoms with Crippen LogP contribution >= 0.6 is 0 Å². The number of nitrogens with one attached hydrogen (secondary N) is 2. The summed E-state index contributed by atoms with van der Waals surface area (Å²) in [6, 6.07) is 0.735. The summed E-state index contributed by atoms with van der Waals surface area (Å²) >= 11 is 0. The van der Waals surface area contributed by atoms with E-state index in [2.05, 4.69) is 28.2 Å². The maximum atomic E-state index is 4.50. The monoisotopic (exact) mass is 228 g/mol. The number of hydrogen-bond acceptors (Lipinski definition) is 4. The molecule has 96 valence electrons. The minimum Gasteiger partial charge on any atom is -0.333 e. The molecule has 2 aliphatic rings. The summed E-state index contributed by atoms with van der Waals surface area (Å²) in [6.45, 7) is 9.71. The Hall–Kier alpha value is -0.160. The summed E-state index contributed by atoms with van der Waals surface area (Å²) in [7, 11) is 1.50. The van der Waals surface area contributed by atoms with Crippen molar-refractivity contribution in [3.05, 3.63) is 0 Å². The zero-order chi connectivity index (χ0) is 11.8. The van der Waals surface area contributed by atoms with Crippen LogP contribution < -0.4 is 16.4 Å². The summed E-state index contributed by atoms with van der Waals surface area (Å²) in [5.41, 5.74) is 4.50. The second kappa shape index (κ2) is 8.01. The summed E-state index contributed by atoms with van der Waals surface area (Å²) < 4.78 is 0. The van der Waals surface area contributed by atoms with Gasteiger partial charge in [-0.2, -0.15) is 0 Å². The van der Waals surface area contributed by atoms with Gasteiger partial charge in [-0.3, -0.25) is 4.90 Å². The van der Waals surface area contributed by atoms with Crippen molar-refractivity contribution in [1.82, 2.24) is 15.5 Å². The molecule has 0 bridgehead atoms. The molecule has 0 aromatic rings. The minimum absolute atomic E-state index is 0.735. The lowest BCUT2D eigenvalue weighted by molar-refractivity contribution is 0.136. The molecule has 16 heavy (non-hydrogen) atoms. The number of piperidine rings is 1. The zero-order valence-electron chi connectivity index (χ0n) is 10.8. The van der Waals surface area contributed by atoms with Gasteiger partial charge in [-0.1, -0.05) is 0 Å². The molecule has 1 unspecified atom stereocenters. The molecule has 0 amide bonds. The molecule has 4 N–H and O–H groups in total. The van der Waals surface area contributed by atoms with Crippen LogP contribution in [-0.2, 0) is 0 Å². The molecule has 0 spiro atoms. The molecule has 2 aliphatic heterocycles. The van der Waals surface area contributed by atoms with Crippen molar-refractivity contribution in [3.8, 4) is 0 Å². The Morgan fingerprint density at radius 2 is 1.81 bits per heavy atom. The van der Waals surface area contributed by atoms with Crippen molar-refractivity contribution in [1.29, 1.82) is 0 Å². The van der Waals surface area contributed by atoms with Gasteiger partial charge in [-0.05, 0) is 45.8 Å². The number of hydrogen-bond donors (Lipinski definition) is 3. The Labute approximate surface area is 99.9 Å². The SMILES string of the molecule is CC1CNCCN1CC1CCNCC1.CN. The second-order valence-electron chi connectivity index (χ2n) is 4.74. The Morgan fingerprint density at radius 3 is 2.44 bits per heavy atom. The van der Waals surface area contributed by atoms with Crippen molar-refractivity contribution >= 4 is 0 Å². The van der Waals surface area contributed by atoms with Crippen molar-refractivity contribution in [2.45, 2.75) is 25.8 Å². The van der Waals surface area contributed by atoms with E-state index in [4.69, 9.17) is 0 Å². The van der Waals surface area contributed by atoms with Gasteiger partial charge in [0.25, 0.3) is 0 Å². The van der Waals surface area contributed by atoms with E-state index in [-0.39, 0.29) is 0 Å². The first-order valence-electron chi connectivity index (χ1n) is 6.59. The van der Waals surface area contributed by atoms with Crippen LogP contribution in [0, 0.1) is 5.92 Å². The van der Waals surface area contributed by atoms with Gasteiger partial charge in [0.1, 0.15) is 0 Å². The van der Waals surface area contributed by atoms with Gasteiger partial charge in [0.15, 0.2) is 0 Å². The lowest BCUT2D eigenvalue weighted by Gasteiger charge is -2.37. The third-order valence-electron chi connectivity index (χ3n) is 3.59. The predicted molar refractivity (Wildman–Crippen MR) is 69.6 cm³/mol. The average molecular weight is 228 g/mol. The van der Waals surface area contributed by atoms with Crippen LogP contribution in [0.1, 0.15) is 19.8 Å². The van der Waals surface area contributed by atoms with Crippen LogP contribution in [0.3, 0.4) is 0 Å². The highest BCUT2D eigenvalue weighted by atomic mass is 15.2. The van der Waals surface area contributed by atoms with Gasteiger partial charge < -0.3 is 16.4 Å². The molecule has 0 radical (unpaired) electrons. The summed E-state index contributed by atoms with van der Waals surface area (Å²) in [4.78, 5) is 2.66. The van der Waals surface area contributed by atoms with E-state index < -0.39 is 0 Å². The number of nitrogens with two attached hydrogens (primary N) is 1. The summed E-state index contributed by atoms with van der Waals surface area (Å²) in [5.74, 6) is 0.941. The van der Waals surface area contributed by atoms with Gasteiger partial charge in [0, 0.05) is 32.2 Å². The smallest absolute Gasteiger partial charge is 0.0193 e. The van der Waals surface area contributed by atoms with Gasteiger partial charge in [0.2, 0.25) is 0 Å². The van der Waals surface area contributed by atoms with E-state index in [1.54, 1.807) is 0 Å². The Bertz CT molecular complexity index is 168. The van der Waals surface area contributed by atoms with E-state index in [0.717, 1.165) is 12.0 Å². The van der Waals surface area contributed by atoms with E-state index in [9.17, 15) is 0 Å². The van der Waals surface area contributed by atoms with Crippen LogP contribution in [0.15, 0.2) is 0 Å². The molecule has 0 aliphatic carbocycles. The Kier molecular flexibility index (Phi) is 6.96. The lowest BCUT2D eigenvalue weighted by Crippen LogP contribution is -2.51. The molecule has 2 fully saturated rings. The fourth-order valence-corrected chi connectivity index (χ4v) is 2.55. The summed E-state index contributed by atoms with van der Waals surface area (Å²) in [6.07, 6.45) is 2.74. The molecule has 0 aromatic carbocycles. The quantitative estimate of drug-likeness (QED) is 0.615. The van der Waals surface area contributed by atoms with Gasteiger partial charge in [-0.15, -0.1) is 0 Å². The highest BCUT2D eigenvalue weighted by molar-refractivity contribution is 4.80. The molecule has 4 nitrogen and oxygen atoms in total. The molecule has 2 heterocycles. The first kappa shape index (κ1) is 13.9. The molecule has 4 heteroatoms. The largest absolute Gasteiger partial charge is 0.333 e. The van der Waals surface area contributed by atoms with E-state index in [1.807, 2.05) is 0 Å². The van der Waals surface area contributed by atoms with Crippen LogP contribution in [-0.4, -0.2) is 57.3 Å². The molecule has 0 aromatic heterocycles. The molecule has 0 saturated carbocycles. The molecule has 2 rings (SSSR count). The Morgan fingerprint density at radius 1 is 1.12 bits per heavy atom. The summed E-state index contributed by atoms with van der Waals surface area (Å²) in [5, 5.41) is 6.88. The van der Waals surface area contributed by atoms with Crippen molar-refractivity contribution in [3.63, 3.8) is 0 Å². The van der Waals surface area contributed by atoms with Crippen LogP contribution in [0.4, 0.5) is 0 Å². The molecule has 1 atom stereocenters. The van der Waals surface area contributed by atoms with E-state index in [0.29, 0.717) is 0 Å². The normalized spacial score (nSPS) is 28.3. The second-order valence-corrected chi connectivity index (χ2v) is 4.74. The molecular formula is C12H28N4. The minimum atomic E-state index is 0.735. The molecule has 2 saturated heterocycles. The van der Waals surface area contributed by atoms with Crippen LogP contribution in [0.25, 0.3) is 0 Å².